The summed E-state index contributed by atoms with van der Waals surface area (Å²) in [6.45, 7) is 0.247. The summed E-state index contributed by atoms with van der Waals surface area (Å²) in [5, 5.41) is 9.51. The quantitative estimate of drug-likeness (QED) is 0.828. The van der Waals surface area contributed by atoms with E-state index in [2.05, 4.69) is 0 Å². The second kappa shape index (κ2) is 4.78. The van der Waals surface area contributed by atoms with Gasteiger partial charge < -0.3 is 14.9 Å². The summed E-state index contributed by atoms with van der Waals surface area (Å²) in [5.41, 5.74) is 1.04. The molecule has 1 fully saturated rings. The zero-order valence-electron chi connectivity index (χ0n) is 10.5. The fraction of sp³-hybridized carbons (Fsp3) is 0.385. The Hall–Kier alpha value is -1.88. The van der Waals surface area contributed by atoms with E-state index >= 15 is 0 Å². The number of amides is 2. The molecule has 1 aliphatic heterocycles. The van der Waals surface area contributed by atoms with Crippen LogP contribution in [0.4, 0.5) is 5.69 Å². The minimum Gasteiger partial charge on any atom is -0.391 e. The smallest absolute Gasteiger partial charge is 0.255 e. The molecule has 1 atom stereocenters. The first kappa shape index (κ1) is 12.6. The fourth-order valence-electron chi connectivity index (χ4n) is 2.05. The lowest BCUT2D eigenvalue weighted by atomic mass is 10.1. The third kappa shape index (κ3) is 2.22. The molecule has 2 amide bonds. The van der Waals surface area contributed by atoms with Crippen LogP contribution in [-0.4, -0.2) is 48.6 Å². The monoisotopic (exact) mass is 248 g/mol. The van der Waals surface area contributed by atoms with Gasteiger partial charge in [0.1, 0.15) is 0 Å². The van der Waals surface area contributed by atoms with Crippen LogP contribution in [0.15, 0.2) is 24.3 Å². The van der Waals surface area contributed by atoms with Crippen LogP contribution in [0.3, 0.4) is 0 Å². The van der Waals surface area contributed by atoms with Crippen LogP contribution >= 0.6 is 0 Å². The number of para-hydroxylation sites is 1. The summed E-state index contributed by atoms with van der Waals surface area (Å²) in [5.74, 6) is -0.304. The summed E-state index contributed by atoms with van der Waals surface area (Å²) < 4.78 is 0. The summed E-state index contributed by atoms with van der Waals surface area (Å²) in [4.78, 5) is 26.7. The number of benzene rings is 1. The predicted octanol–water partition coefficient (Wildman–Crippen LogP) is 0.486. The SMILES string of the molecule is CN(C)C(=O)c1ccccc1N1CC(O)CC1=O. The molecule has 1 heterocycles. The molecule has 5 nitrogen and oxygen atoms in total. The molecule has 18 heavy (non-hydrogen) atoms. The number of rotatable bonds is 2. The number of hydrogen-bond donors (Lipinski definition) is 1. The van der Waals surface area contributed by atoms with Gasteiger partial charge in [-0.2, -0.15) is 0 Å². The average Bonchev–Trinajstić information content (AvgIpc) is 2.67. The van der Waals surface area contributed by atoms with Crippen molar-refractivity contribution in [2.75, 3.05) is 25.5 Å². The van der Waals surface area contributed by atoms with E-state index in [0.717, 1.165) is 0 Å². The molecule has 0 aliphatic carbocycles. The molecule has 1 aliphatic rings. The molecular formula is C13H16N2O3. The number of hydrogen-bond acceptors (Lipinski definition) is 3. The van der Waals surface area contributed by atoms with E-state index in [-0.39, 0.29) is 24.8 Å². The molecule has 2 rings (SSSR count). The topological polar surface area (TPSA) is 60.9 Å². The van der Waals surface area contributed by atoms with Crippen molar-refractivity contribution in [3.05, 3.63) is 29.8 Å². The van der Waals surface area contributed by atoms with Gasteiger partial charge in [0.05, 0.1) is 30.3 Å². The number of anilines is 1. The van der Waals surface area contributed by atoms with E-state index in [0.29, 0.717) is 11.3 Å². The van der Waals surface area contributed by atoms with Gasteiger partial charge in [0.15, 0.2) is 0 Å². The number of carbonyl (C=O) groups excluding carboxylic acids is 2. The second-order valence-corrected chi connectivity index (χ2v) is 4.58. The third-order valence-electron chi connectivity index (χ3n) is 2.94. The molecule has 0 saturated carbocycles. The molecule has 0 aromatic heterocycles. The van der Waals surface area contributed by atoms with Crippen LogP contribution in [0.5, 0.6) is 0 Å². The Morgan fingerprint density at radius 2 is 2.06 bits per heavy atom. The molecule has 1 aromatic rings. The van der Waals surface area contributed by atoms with Gasteiger partial charge in [0, 0.05) is 14.1 Å². The van der Waals surface area contributed by atoms with Crippen molar-refractivity contribution in [1.82, 2.24) is 4.90 Å². The summed E-state index contributed by atoms with van der Waals surface area (Å²) in [6.07, 6.45) is -0.537. The van der Waals surface area contributed by atoms with Crippen LogP contribution in [0.25, 0.3) is 0 Å². The van der Waals surface area contributed by atoms with Crippen molar-refractivity contribution >= 4 is 17.5 Å². The first-order chi connectivity index (χ1) is 8.50. The third-order valence-corrected chi connectivity index (χ3v) is 2.94. The van der Waals surface area contributed by atoms with Crippen molar-refractivity contribution in [2.45, 2.75) is 12.5 Å². The Kier molecular flexibility index (Phi) is 3.34. The summed E-state index contributed by atoms with van der Waals surface area (Å²) in [7, 11) is 3.33. The van der Waals surface area contributed by atoms with Gasteiger partial charge in [-0.25, -0.2) is 0 Å². The Labute approximate surface area is 106 Å². The van der Waals surface area contributed by atoms with E-state index < -0.39 is 6.10 Å². The first-order valence-electron chi connectivity index (χ1n) is 5.80. The molecular weight excluding hydrogens is 232 g/mol. The maximum atomic E-state index is 12.0. The van der Waals surface area contributed by atoms with E-state index in [4.69, 9.17) is 0 Å². The second-order valence-electron chi connectivity index (χ2n) is 4.58. The first-order valence-corrected chi connectivity index (χ1v) is 5.80. The number of carbonyl (C=O) groups is 2. The van der Waals surface area contributed by atoms with Gasteiger partial charge in [0.25, 0.3) is 5.91 Å². The van der Waals surface area contributed by atoms with Gasteiger partial charge in [-0.1, -0.05) is 12.1 Å². The van der Waals surface area contributed by atoms with Gasteiger partial charge in [-0.15, -0.1) is 0 Å². The molecule has 0 spiro atoms. The molecule has 5 heteroatoms. The highest BCUT2D eigenvalue weighted by molar-refractivity contribution is 6.05. The summed E-state index contributed by atoms with van der Waals surface area (Å²) >= 11 is 0. The van der Waals surface area contributed by atoms with E-state index in [1.807, 2.05) is 0 Å². The lowest BCUT2D eigenvalue weighted by Gasteiger charge is -2.21. The largest absolute Gasteiger partial charge is 0.391 e. The molecule has 1 saturated heterocycles. The zero-order valence-corrected chi connectivity index (χ0v) is 10.5. The van der Waals surface area contributed by atoms with Crippen LogP contribution in [0.1, 0.15) is 16.8 Å². The number of nitrogens with zero attached hydrogens (tertiary/aromatic N) is 2. The number of β-amino-alcohol motifs (C(OH)–C–C–N with tert-alkyl or cyclic N) is 1. The van der Waals surface area contributed by atoms with Gasteiger partial charge >= 0.3 is 0 Å². The Balaban J connectivity index is 2.39. The van der Waals surface area contributed by atoms with Crippen molar-refractivity contribution in [3.8, 4) is 0 Å². The zero-order chi connectivity index (χ0) is 13.3. The normalized spacial score (nSPS) is 19.2. The van der Waals surface area contributed by atoms with Crippen LogP contribution in [-0.2, 0) is 4.79 Å². The van der Waals surface area contributed by atoms with E-state index in [1.165, 1.54) is 9.80 Å². The number of aliphatic hydroxyl groups excluding tert-OH is 1. The van der Waals surface area contributed by atoms with E-state index in [9.17, 15) is 14.7 Å². The van der Waals surface area contributed by atoms with Crippen molar-refractivity contribution in [1.29, 1.82) is 0 Å². The average molecular weight is 248 g/mol. The van der Waals surface area contributed by atoms with Gasteiger partial charge in [-0.3, -0.25) is 9.59 Å². The van der Waals surface area contributed by atoms with Crippen molar-refractivity contribution in [3.63, 3.8) is 0 Å². The maximum Gasteiger partial charge on any atom is 0.255 e. The van der Waals surface area contributed by atoms with Crippen molar-refractivity contribution in [2.24, 2.45) is 0 Å². The predicted molar refractivity (Wildman–Crippen MR) is 67.4 cm³/mol. The highest BCUT2D eigenvalue weighted by Crippen LogP contribution is 2.26. The highest BCUT2D eigenvalue weighted by atomic mass is 16.3. The lowest BCUT2D eigenvalue weighted by Crippen LogP contribution is -2.30. The number of aliphatic hydroxyl groups is 1. The van der Waals surface area contributed by atoms with Crippen molar-refractivity contribution < 1.29 is 14.7 Å². The maximum absolute atomic E-state index is 12.0. The van der Waals surface area contributed by atoms with Crippen LogP contribution < -0.4 is 4.90 Å². The Morgan fingerprint density at radius 3 is 2.61 bits per heavy atom. The van der Waals surface area contributed by atoms with Crippen LogP contribution in [0.2, 0.25) is 0 Å². The highest BCUT2D eigenvalue weighted by Gasteiger charge is 2.31. The minimum atomic E-state index is -0.653. The molecule has 96 valence electrons. The van der Waals surface area contributed by atoms with Crippen LogP contribution in [0, 0.1) is 0 Å². The lowest BCUT2D eigenvalue weighted by molar-refractivity contribution is -0.117. The van der Waals surface area contributed by atoms with Gasteiger partial charge in [0.2, 0.25) is 5.91 Å². The molecule has 1 unspecified atom stereocenters. The molecule has 0 radical (unpaired) electrons. The standard InChI is InChI=1S/C13H16N2O3/c1-14(2)13(18)10-5-3-4-6-11(10)15-8-9(16)7-12(15)17/h3-6,9,16H,7-8H2,1-2H3. The fourth-order valence-corrected chi connectivity index (χ4v) is 2.05. The molecule has 0 bridgehead atoms. The molecule has 1 N–H and O–H groups in total. The summed E-state index contributed by atoms with van der Waals surface area (Å²) in [6, 6.07) is 6.96. The van der Waals surface area contributed by atoms with Gasteiger partial charge in [-0.05, 0) is 12.1 Å². The minimum absolute atomic E-state index is 0.116. The Bertz CT molecular complexity index is 485. The Morgan fingerprint density at radius 1 is 1.39 bits per heavy atom. The molecule has 1 aromatic carbocycles. The van der Waals surface area contributed by atoms with E-state index in [1.54, 1.807) is 38.4 Å².